The summed E-state index contributed by atoms with van der Waals surface area (Å²) in [4.78, 5) is 84.9. The Bertz CT molecular complexity index is 1520. The summed E-state index contributed by atoms with van der Waals surface area (Å²) < 4.78 is 4.52. The number of benzene rings is 1. The third kappa shape index (κ3) is 8.79. The van der Waals surface area contributed by atoms with Gasteiger partial charge < -0.3 is 37.1 Å². The second-order valence-corrected chi connectivity index (χ2v) is 8.65. The number of ether oxygens (including phenoxy) is 1. The number of fused-ring (bicyclic) bond motifs is 1. The normalized spacial score (nSPS) is 12.2. The van der Waals surface area contributed by atoms with Crippen molar-refractivity contribution in [3.8, 4) is 0 Å². The van der Waals surface area contributed by atoms with Crippen LogP contribution >= 0.6 is 0 Å². The molecule has 0 saturated carbocycles. The summed E-state index contributed by atoms with van der Waals surface area (Å²) in [6, 6.07) is 3.19. The Balaban J connectivity index is 1.51. The number of nitrogen functional groups attached to an aromatic ring is 1. The molecule has 2 aromatic heterocycles. The topological polar surface area (TPSA) is 283 Å². The maximum atomic E-state index is 12.6. The summed E-state index contributed by atoms with van der Waals surface area (Å²) in [5, 5.41) is 23.4. The molecule has 0 radical (unpaired) electrons. The minimum atomic E-state index is -1.47. The summed E-state index contributed by atoms with van der Waals surface area (Å²) >= 11 is 0. The molecule has 3 aromatic rings. The van der Waals surface area contributed by atoms with E-state index < -0.39 is 60.3 Å². The van der Waals surface area contributed by atoms with E-state index in [0.717, 1.165) is 0 Å². The lowest BCUT2D eigenvalue weighted by atomic mass is 10.1. The van der Waals surface area contributed by atoms with Gasteiger partial charge in [-0.15, -0.1) is 0 Å². The number of nitrogens with two attached hydrogens (primary N) is 2. The van der Waals surface area contributed by atoms with Gasteiger partial charge in [0, 0.05) is 24.1 Å². The average molecular weight is 571 g/mol. The number of hydrogen-bond donors (Lipinski definition) is 7. The van der Waals surface area contributed by atoms with Gasteiger partial charge in [0.2, 0.25) is 5.95 Å². The van der Waals surface area contributed by atoms with E-state index in [0.29, 0.717) is 11.4 Å². The number of rotatable bonds is 13. The number of carboxylic acid groups (broad SMARTS) is 2. The second kappa shape index (κ2) is 13.6. The second-order valence-electron chi connectivity index (χ2n) is 8.65. The van der Waals surface area contributed by atoms with E-state index in [1.165, 1.54) is 18.3 Å². The average Bonchev–Trinajstić information content (AvgIpc) is 2.92. The van der Waals surface area contributed by atoms with Crippen molar-refractivity contribution < 1.29 is 38.9 Å². The molecule has 1 amide bonds. The molecular weight excluding hydrogens is 544 g/mol. The smallest absolute Gasteiger partial charge is 0.330 e. The molecule has 0 aliphatic carbocycles. The number of nitrogens with one attached hydrogen (secondary N) is 3. The van der Waals surface area contributed by atoms with Crippen LogP contribution in [0.4, 0.5) is 11.6 Å². The molecule has 0 aliphatic rings. The van der Waals surface area contributed by atoms with Gasteiger partial charge in [0.15, 0.2) is 11.2 Å². The van der Waals surface area contributed by atoms with Crippen molar-refractivity contribution in [1.82, 2.24) is 25.3 Å². The van der Waals surface area contributed by atoms with Gasteiger partial charge in [-0.1, -0.05) is 0 Å². The summed E-state index contributed by atoms with van der Waals surface area (Å²) in [6.45, 7) is 0.183. The Kier molecular flexibility index (Phi) is 9.96. The van der Waals surface area contributed by atoms with Crippen molar-refractivity contribution in [2.75, 3.05) is 11.1 Å². The fourth-order valence-electron chi connectivity index (χ4n) is 3.39. The molecule has 3 rings (SSSR count). The molecule has 0 unspecified atom stereocenters. The standard InChI is InChI=1S/C24H26N8O9/c25-14(5-7-16(33)34)23(40)41-17(35)8-6-15(22(38)39)30-20(36)11-1-3-12(4-2-11)27-9-13-10-28-19-18(29-13)21(37)32-24(26)31-19/h1-4,10,14-15,27H,5-9,25H2,(H,30,36)(H,33,34)(H,38,39)(H3,26,28,31,32,37)/t14-,15-/m0/s1. The number of esters is 2. The van der Waals surface area contributed by atoms with Gasteiger partial charge in [-0.05, 0) is 37.1 Å². The van der Waals surface area contributed by atoms with Crippen molar-refractivity contribution in [3.63, 3.8) is 0 Å². The number of amides is 1. The van der Waals surface area contributed by atoms with Crippen LogP contribution in [0, 0.1) is 0 Å². The third-order valence-corrected chi connectivity index (χ3v) is 5.53. The van der Waals surface area contributed by atoms with E-state index in [-0.39, 0.29) is 42.1 Å². The van der Waals surface area contributed by atoms with Crippen molar-refractivity contribution in [1.29, 1.82) is 0 Å². The summed E-state index contributed by atoms with van der Waals surface area (Å²) in [7, 11) is 0. The molecule has 2 atom stereocenters. The lowest BCUT2D eigenvalue weighted by Gasteiger charge is -2.15. The Hall–Kier alpha value is -5.45. The van der Waals surface area contributed by atoms with Crippen LogP contribution in [0.1, 0.15) is 41.7 Å². The summed E-state index contributed by atoms with van der Waals surface area (Å²) in [5.74, 6) is -5.60. The molecule has 17 nitrogen and oxygen atoms in total. The van der Waals surface area contributed by atoms with Crippen molar-refractivity contribution in [2.24, 2.45) is 5.73 Å². The molecule has 0 saturated heterocycles. The molecule has 216 valence electrons. The van der Waals surface area contributed by atoms with E-state index in [1.54, 1.807) is 12.1 Å². The van der Waals surface area contributed by atoms with Crippen LogP contribution in [-0.4, -0.2) is 72.0 Å². The lowest BCUT2D eigenvalue weighted by molar-refractivity contribution is -0.160. The number of carbonyl (C=O) groups is 5. The van der Waals surface area contributed by atoms with Crippen LogP contribution in [0.2, 0.25) is 0 Å². The zero-order valence-electron chi connectivity index (χ0n) is 21.3. The van der Waals surface area contributed by atoms with Gasteiger partial charge in [0.05, 0.1) is 18.4 Å². The predicted molar refractivity (Wildman–Crippen MR) is 140 cm³/mol. The zero-order valence-corrected chi connectivity index (χ0v) is 21.3. The van der Waals surface area contributed by atoms with E-state index in [4.69, 9.17) is 16.6 Å². The number of anilines is 2. The van der Waals surface area contributed by atoms with Crippen LogP contribution in [0.25, 0.3) is 11.2 Å². The minimum Gasteiger partial charge on any atom is -0.481 e. The van der Waals surface area contributed by atoms with Crippen LogP contribution in [0.5, 0.6) is 0 Å². The largest absolute Gasteiger partial charge is 0.481 e. The fourth-order valence-corrected chi connectivity index (χ4v) is 3.39. The fraction of sp³-hybridized carbons (Fsp3) is 0.292. The number of carboxylic acids is 2. The minimum absolute atomic E-state index is 0.0256. The van der Waals surface area contributed by atoms with Crippen LogP contribution in [0.3, 0.4) is 0 Å². The van der Waals surface area contributed by atoms with Gasteiger partial charge in [-0.25, -0.2) is 19.6 Å². The summed E-state index contributed by atoms with van der Waals surface area (Å²) in [5.41, 5.74) is 11.7. The number of H-pyrrole nitrogens is 1. The van der Waals surface area contributed by atoms with E-state index in [9.17, 15) is 33.9 Å². The molecule has 2 heterocycles. The number of nitrogens with zero attached hydrogens (tertiary/aromatic N) is 3. The van der Waals surface area contributed by atoms with Gasteiger partial charge in [-0.3, -0.25) is 24.2 Å². The van der Waals surface area contributed by atoms with Crippen LogP contribution < -0.4 is 27.7 Å². The Morgan fingerprint density at radius 3 is 2.39 bits per heavy atom. The Morgan fingerprint density at radius 2 is 1.73 bits per heavy atom. The van der Waals surface area contributed by atoms with E-state index in [2.05, 4.69) is 35.3 Å². The number of aromatic nitrogens is 4. The molecule has 0 spiro atoms. The van der Waals surface area contributed by atoms with Gasteiger partial charge in [-0.2, -0.15) is 4.98 Å². The van der Waals surface area contributed by atoms with E-state index >= 15 is 0 Å². The molecule has 9 N–H and O–H groups in total. The number of aromatic amines is 1. The highest BCUT2D eigenvalue weighted by atomic mass is 16.6. The van der Waals surface area contributed by atoms with Crippen molar-refractivity contribution >= 4 is 52.6 Å². The molecule has 17 heteroatoms. The predicted octanol–water partition coefficient (Wildman–Crippen LogP) is -0.867. The van der Waals surface area contributed by atoms with Gasteiger partial charge in [0.1, 0.15) is 12.1 Å². The van der Waals surface area contributed by atoms with Crippen molar-refractivity contribution in [2.45, 2.75) is 44.3 Å². The molecular formula is C24H26N8O9. The first-order valence-electron chi connectivity index (χ1n) is 12.0. The molecule has 1 aromatic carbocycles. The maximum absolute atomic E-state index is 12.6. The number of hydrogen-bond acceptors (Lipinski definition) is 13. The Labute approximate surface area is 230 Å². The Morgan fingerprint density at radius 1 is 1.02 bits per heavy atom. The van der Waals surface area contributed by atoms with E-state index in [1.807, 2.05) is 0 Å². The SMILES string of the molecule is Nc1nc2ncc(CNc3ccc(C(=O)N[C@@H](CCC(=O)OC(=O)[C@@H](N)CCC(=O)O)C(=O)O)cc3)nc2c(=O)[nH]1. The van der Waals surface area contributed by atoms with Crippen LogP contribution in [0.15, 0.2) is 35.3 Å². The zero-order chi connectivity index (χ0) is 30.1. The first kappa shape index (κ1) is 30.1. The highest BCUT2D eigenvalue weighted by Gasteiger charge is 2.24. The van der Waals surface area contributed by atoms with Gasteiger partial charge in [0.25, 0.3) is 11.5 Å². The lowest BCUT2D eigenvalue weighted by Crippen LogP contribution is -2.41. The highest BCUT2D eigenvalue weighted by Crippen LogP contribution is 2.12. The van der Waals surface area contributed by atoms with Gasteiger partial charge >= 0.3 is 23.9 Å². The first-order valence-corrected chi connectivity index (χ1v) is 12.0. The molecule has 0 aliphatic heterocycles. The van der Waals surface area contributed by atoms with Crippen LogP contribution in [-0.2, 0) is 30.5 Å². The van der Waals surface area contributed by atoms with Crippen molar-refractivity contribution in [3.05, 3.63) is 52.1 Å². The quantitative estimate of drug-likeness (QED) is 0.0971. The molecule has 41 heavy (non-hydrogen) atoms. The maximum Gasteiger partial charge on any atom is 0.330 e. The third-order valence-electron chi connectivity index (χ3n) is 5.53. The first-order chi connectivity index (χ1) is 19.4. The molecule has 0 fully saturated rings. The monoisotopic (exact) mass is 570 g/mol. The molecule has 0 bridgehead atoms. The number of carbonyl (C=O) groups excluding carboxylic acids is 3. The summed E-state index contributed by atoms with van der Waals surface area (Å²) in [6.07, 6.45) is -0.117. The highest BCUT2D eigenvalue weighted by molar-refractivity contribution is 5.97. The number of aliphatic carboxylic acids is 2.